The van der Waals surface area contributed by atoms with Gasteiger partial charge in [-0.15, -0.1) is 0 Å². The van der Waals surface area contributed by atoms with Crippen LogP contribution in [0.5, 0.6) is 0 Å². The van der Waals surface area contributed by atoms with E-state index in [4.69, 9.17) is 0 Å². The summed E-state index contributed by atoms with van der Waals surface area (Å²) in [5, 5.41) is 0. The quantitative estimate of drug-likeness (QED) is 0.549. The van der Waals surface area contributed by atoms with E-state index in [1.165, 1.54) is 5.64 Å². The Hall–Kier alpha value is -0.220. The van der Waals surface area contributed by atoms with E-state index in [0.29, 0.717) is 0 Å². The zero-order chi connectivity index (χ0) is 9.12. The van der Waals surface area contributed by atoms with Crippen LogP contribution in [0.2, 0.25) is 0 Å². The Kier molecular flexibility index (Phi) is 3.38. The second-order valence-electron chi connectivity index (χ2n) is 1.66. The first-order valence-corrected chi connectivity index (χ1v) is 5.86. The molecule has 0 spiro atoms. The molecular formula is C2H7NO6S2. The minimum absolute atomic E-state index is 0.728. The highest BCUT2D eigenvalue weighted by atomic mass is 32.2. The molecule has 11 heavy (non-hydrogen) atoms. The molecule has 0 saturated carbocycles. The molecular weight excluding hydrogens is 198 g/mol. The molecule has 0 aliphatic carbocycles. The fraction of sp³-hybridized carbons (Fsp3) is 1.00. The maximum absolute atomic E-state index is 10.2. The Balaban J connectivity index is 3.79. The van der Waals surface area contributed by atoms with E-state index in [1.807, 2.05) is 0 Å². The molecule has 0 aromatic carbocycles. The average molecular weight is 205 g/mol. The molecule has 7 nitrogen and oxygen atoms in total. The predicted octanol–water partition coefficient (Wildman–Crippen LogP) is -1.64. The molecule has 0 rings (SSSR count). The van der Waals surface area contributed by atoms with Crippen LogP contribution in [0, 0.1) is 0 Å². The minimum Gasteiger partial charge on any atom is -0.198 e. The monoisotopic (exact) mass is 205 g/mol. The summed E-state index contributed by atoms with van der Waals surface area (Å²) >= 11 is 0. The lowest BCUT2D eigenvalue weighted by Crippen LogP contribution is -2.22. The van der Waals surface area contributed by atoms with Crippen molar-refractivity contribution in [3.8, 4) is 0 Å². The van der Waals surface area contributed by atoms with Crippen LogP contribution < -0.4 is 5.64 Å². The molecule has 68 valence electrons. The standard InChI is InChI=1S/C2H7NO6S2/c1-10(4,5)8-3-9-11(2,6)7/h3H,1-2H3. The molecule has 0 aromatic rings. The molecule has 0 saturated heterocycles. The van der Waals surface area contributed by atoms with Gasteiger partial charge in [-0.1, -0.05) is 0 Å². The molecule has 0 aliphatic heterocycles. The van der Waals surface area contributed by atoms with E-state index >= 15 is 0 Å². The molecule has 0 atom stereocenters. The van der Waals surface area contributed by atoms with Gasteiger partial charge in [-0.2, -0.15) is 25.4 Å². The van der Waals surface area contributed by atoms with Crippen LogP contribution in [0.4, 0.5) is 0 Å². The van der Waals surface area contributed by atoms with Crippen molar-refractivity contribution in [2.45, 2.75) is 0 Å². The predicted molar refractivity (Wildman–Crippen MR) is 35.0 cm³/mol. The van der Waals surface area contributed by atoms with E-state index in [-0.39, 0.29) is 0 Å². The summed E-state index contributed by atoms with van der Waals surface area (Å²) in [6.07, 6.45) is 1.46. The van der Waals surface area contributed by atoms with E-state index in [0.717, 1.165) is 12.5 Å². The summed E-state index contributed by atoms with van der Waals surface area (Å²) in [6.45, 7) is 0. The van der Waals surface area contributed by atoms with Crippen LogP contribution >= 0.6 is 0 Å². The zero-order valence-electron chi connectivity index (χ0n) is 5.77. The molecule has 0 aromatic heterocycles. The Morgan fingerprint density at radius 1 is 0.909 bits per heavy atom. The molecule has 0 bridgehead atoms. The van der Waals surface area contributed by atoms with Crippen molar-refractivity contribution in [2.75, 3.05) is 12.5 Å². The SMILES string of the molecule is CS(=O)(=O)ONOS(C)(=O)=O. The highest BCUT2D eigenvalue weighted by Crippen LogP contribution is 1.84. The number of hydrogen-bond donors (Lipinski definition) is 1. The van der Waals surface area contributed by atoms with Crippen molar-refractivity contribution in [3.63, 3.8) is 0 Å². The third kappa shape index (κ3) is 9.78. The molecule has 1 N–H and O–H groups in total. The van der Waals surface area contributed by atoms with Gasteiger partial charge in [-0.25, -0.2) is 0 Å². The summed E-state index contributed by atoms with van der Waals surface area (Å²) < 4.78 is 48.1. The van der Waals surface area contributed by atoms with Crippen molar-refractivity contribution in [1.29, 1.82) is 0 Å². The Labute approximate surface area is 64.5 Å². The van der Waals surface area contributed by atoms with Gasteiger partial charge < -0.3 is 0 Å². The second-order valence-corrected chi connectivity index (χ2v) is 4.81. The highest BCUT2D eigenvalue weighted by Gasteiger charge is 2.05. The van der Waals surface area contributed by atoms with Gasteiger partial charge in [0.15, 0.2) is 0 Å². The minimum atomic E-state index is -3.75. The van der Waals surface area contributed by atoms with Gasteiger partial charge >= 0.3 is 0 Å². The summed E-state index contributed by atoms with van der Waals surface area (Å²) in [6, 6.07) is 0. The van der Waals surface area contributed by atoms with Crippen molar-refractivity contribution >= 4 is 20.2 Å². The highest BCUT2D eigenvalue weighted by molar-refractivity contribution is 7.86. The van der Waals surface area contributed by atoms with Gasteiger partial charge in [0, 0.05) is 0 Å². The van der Waals surface area contributed by atoms with Crippen LogP contribution in [-0.4, -0.2) is 29.3 Å². The third-order valence-corrected chi connectivity index (χ3v) is 1.11. The Bertz CT molecular complexity index is 267. The van der Waals surface area contributed by atoms with Crippen molar-refractivity contribution < 1.29 is 25.4 Å². The van der Waals surface area contributed by atoms with E-state index in [2.05, 4.69) is 8.57 Å². The Morgan fingerprint density at radius 2 is 1.18 bits per heavy atom. The summed E-state index contributed by atoms with van der Waals surface area (Å²) in [5.41, 5.74) is 1.29. The molecule has 0 aliphatic rings. The van der Waals surface area contributed by atoms with Gasteiger partial charge in [0.25, 0.3) is 20.2 Å². The molecule has 0 fully saturated rings. The van der Waals surface area contributed by atoms with E-state index in [1.54, 1.807) is 0 Å². The number of rotatable bonds is 4. The van der Waals surface area contributed by atoms with Gasteiger partial charge in [0.1, 0.15) is 0 Å². The van der Waals surface area contributed by atoms with Gasteiger partial charge in [0.05, 0.1) is 12.5 Å². The molecule has 9 heteroatoms. The lowest BCUT2D eigenvalue weighted by Gasteiger charge is -1.99. The summed E-state index contributed by atoms with van der Waals surface area (Å²) in [5.74, 6) is 0. The fourth-order valence-electron chi connectivity index (χ4n) is 0.137. The van der Waals surface area contributed by atoms with Crippen LogP contribution in [-0.2, 0) is 28.8 Å². The average Bonchev–Trinajstić information content (AvgIpc) is 1.55. The smallest absolute Gasteiger partial charge is 0.198 e. The van der Waals surface area contributed by atoms with Gasteiger partial charge in [-0.05, 0) is 5.64 Å². The first kappa shape index (κ1) is 10.8. The van der Waals surface area contributed by atoms with Crippen molar-refractivity contribution in [2.24, 2.45) is 0 Å². The van der Waals surface area contributed by atoms with Crippen LogP contribution in [0.15, 0.2) is 0 Å². The Morgan fingerprint density at radius 3 is 1.36 bits per heavy atom. The molecule has 0 unspecified atom stereocenters. The maximum Gasteiger partial charge on any atom is 0.282 e. The van der Waals surface area contributed by atoms with E-state index in [9.17, 15) is 16.8 Å². The molecule has 0 heterocycles. The zero-order valence-corrected chi connectivity index (χ0v) is 7.40. The number of nitrogens with one attached hydrogen (secondary N) is 1. The van der Waals surface area contributed by atoms with Crippen LogP contribution in [0.1, 0.15) is 0 Å². The van der Waals surface area contributed by atoms with Crippen molar-refractivity contribution in [3.05, 3.63) is 0 Å². The molecule has 0 amide bonds. The largest absolute Gasteiger partial charge is 0.282 e. The van der Waals surface area contributed by atoms with Gasteiger partial charge in [0.2, 0.25) is 0 Å². The topological polar surface area (TPSA) is 98.8 Å². The van der Waals surface area contributed by atoms with Crippen LogP contribution in [0.25, 0.3) is 0 Å². The van der Waals surface area contributed by atoms with Crippen LogP contribution in [0.3, 0.4) is 0 Å². The second kappa shape index (κ2) is 3.45. The first-order chi connectivity index (χ1) is 4.71. The summed E-state index contributed by atoms with van der Waals surface area (Å²) in [7, 11) is -7.49. The van der Waals surface area contributed by atoms with E-state index < -0.39 is 20.2 Å². The lowest BCUT2D eigenvalue weighted by atomic mass is 12.0. The van der Waals surface area contributed by atoms with Crippen molar-refractivity contribution in [1.82, 2.24) is 5.64 Å². The summed E-state index contributed by atoms with van der Waals surface area (Å²) in [4.78, 5) is 0. The number of hydrogen-bond acceptors (Lipinski definition) is 7. The lowest BCUT2D eigenvalue weighted by molar-refractivity contribution is -0.00560. The first-order valence-electron chi connectivity index (χ1n) is 2.22. The van der Waals surface area contributed by atoms with Gasteiger partial charge in [-0.3, -0.25) is 0 Å². The normalized spacial score (nSPS) is 13.3. The fourth-order valence-corrected chi connectivity index (χ4v) is 0.496. The molecule has 0 radical (unpaired) electrons. The maximum atomic E-state index is 10.2. The third-order valence-electron chi connectivity index (χ3n) is 0.371.